The van der Waals surface area contributed by atoms with Crippen LogP contribution in [0.25, 0.3) is 21.5 Å². The van der Waals surface area contributed by atoms with Crippen LogP contribution in [0.1, 0.15) is 0 Å². The standard InChI is InChI=1S/C18H17FN4OS/c19-13-3-1-12(2-4-13)15-11-16(17-14(21-15)5-10-25-17)22-6-8-23(9-7-22)18(20)24/h1-5,10-11H,6-9H2,(H2,20,24). The summed E-state index contributed by atoms with van der Waals surface area (Å²) in [6.07, 6.45) is 0. The summed E-state index contributed by atoms with van der Waals surface area (Å²) in [6, 6.07) is 10.0. The number of hydrogen-bond acceptors (Lipinski definition) is 4. The quantitative estimate of drug-likeness (QED) is 0.766. The third kappa shape index (κ3) is 3.02. The van der Waals surface area contributed by atoms with E-state index < -0.39 is 0 Å². The third-order valence-electron chi connectivity index (χ3n) is 4.46. The molecular weight excluding hydrogens is 339 g/mol. The number of amides is 2. The van der Waals surface area contributed by atoms with Crippen molar-refractivity contribution >= 4 is 33.3 Å². The van der Waals surface area contributed by atoms with E-state index in [9.17, 15) is 9.18 Å². The summed E-state index contributed by atoms with van der Waals surface area (Å²) in [5.41, 5.74) is 9.10. The highest BCUT2D eigenvalue weighted by atomic mass is 32.1. The van der Waals surface area contributed by atoms with E-state index in [1.807, 2.05) is 17.5 Å². The Morgan fingerprint density at radius 1 is 1.12 bits per heavy atom. The second kappa shape index (κ2) is 6.33. The van der Waals surface area contributed by atoms with Gasteiger partial charge in [0.2, 0.25) is 0 Å². The third-order valence-corrected chi connectivity index (χ3v) is 5.39. The van der Waals surface area contributed by atoms with Gasteiger partial charge in [0.05, 0.1) is 21.6 Å². The van der Waals surface area contributed by atoms with E-state index in [0.29, 0.717) is 13.1 Å². The lowest BCUT2D eigenvalue weighted by Crippen LogP contribution is -2.50. The number of primary amides is 1. The number of nitrogens with zero attached hydrogens (tertiary/aromatic N) is 3. The van der Waals surface area contributed by atoms with Crippen molar-refractivity contribution in [1.29, 1.82) is 0 Å². The van der Waals surface area contributed by atoms with Crippen LogP contribution < -0.4 is 10.6 Å². The smallest absolute Gasteiger partial charge is 0.314 e. The average molecular weight is 356 g/mol. The molecule has 0 bridgehead atoms. The number of benzene rings is 1. The van der Waals surface area contributed by atoms with Crippen LogP contribution in [0.3, 0.4) is 0 Å². The van der Waals surface area contributed by atoms with Gasteiger partial charge in [-0.15, -0.1) is 11.3 Å². The molecule has 4 rings (SSSR count). The lowest BCUT2D eigenvalue weighted by molar-refractivity contribution is 0.204. The molecule has 1 aromatic carbocycles. The van der Waals surface area contributed by atoms with Gasteiger partial charge in [0.15, 0.2) is 0 Å². The number of aromatic nitrogens is 1. The Hall–Kier alpha value is -2.67. The van der Waals surface area contributed by atoms with Crippen molar-refractivity contribution in [3.63, 3.8) is 0 Å². The number of halogens is 1. The molecule has 3 aromatic rings. The summed E-state index contributed by atoms with van der Waals surface area (Å²) in [5, 5.41) is 2.02. The zero-order valence-electron chi connectivity index (χ0n) is 13.5. The molecule has 3 heterocycles. The molecule has 0 aliphatic carbocycles. The van der Waals surface area contributed by atoms with Crippen LogP contribution in [0.5, 0.6) is 0 Å². The molecule has 2 amide bonds. The van der Waals surface area contributed by atoms with Crippen LogP contribution in [0.15, 0.2) is 41.8 Å². The first kappa shape index (κ1) is 15.8. The molecular formula is C18H17FN4OS. The number of hydrogen-bond donors (Lipinski definition) is 1. The number of urea groups is 1. The maximum absolute atomic E-state index is 13.2. The van der Waals surface area contributed by atoms with Crippen molar-refractivity contribution in [3.8, 4) is 11.3 Å². The monoisotopic (exact) mass is 356 g/mol. The maximum atomic E-state index is 13.2. The molecule has 1 saturated heterocycles. The van der Waals surface area contributed by atoms with Crippen molar-refractivity contribution in [3.05, 3.63) is 47.6 Å². The minimum atomic E-state index is -0.373. The van der Waals surface area contributed by atoms with E-state index in [4.69, 9.17) is 10.7 Å². The van der Waals surface area contributed by atoms with Gasteiger partial charge in [0.25, 0.3) is 0 Å². The molecule has 1 fully saturated rings. The van der Waals surface area contributed by atoms with Crippen molar-refractivity contribution < 1.29 is 9.18 Å². The summed E-state index contributed by atoms with van der Waals surface area (Å²) in [7, 11) is 0. The van der Waals surface area contributed by atoms with Gasteiger partial charge in [-0.1, -0.05) is 0 Å². The van der Waals surface area contributed by atoms with E-state index in [2.05, 4.69) is 4.90 Å². The van der Waals surface area contributed by atoms with Gasteiger partial charge in [0.1, 0.15) is 5.82 Å². The molecule has 7 heteroatoms. The second-order valence-corrected chi connectivity index (χ2v) is 6.90. The molecule has 1 aliphatic heterocycles. The van der Waals surface area contributed by atoms with Crippen molar-refractivity contribution in [2.45, 2.75) is 0 Å². The van der Waals surface area contributed by atoms with Gasteiger partial charge in [0, 0.05) is 31.7 Å². The number of pyridine rings is 1. The number of nitrogens with two attached hydrogens (primary N) is 1. The summed E-state index contributed by atoms with van der Waals surface area (Å²) >= 11 is 1.65. The highest BCUT2D eigenvalue weighted by Gasteiger charge is 2.22. The Bertz CT molecular complexity index is 916. The number of thiophene rings is 1. The Kier molecular flexibility index (Phi) is 4.01. The Morgan fingerprint density at radius 2 is 1.84 bits per heavy atom. The zero-order valence-corrected chi connectivity index (χ0v) is 14.3. The summed E-state index contributed by atoms with van der Waals surface area (Å²) in [6.45, 7) is 2.67. The fraction of sp³-hybridized carbons (Fsp3) is 0.222. The van der Waals surface area contributed by atoms with Crippen LogP contribution in [-0.2, 0) is 0 Å². The first-order valence-electron chi connectivity index (χ1n) is 8.05. The largest absolute Gasteiger partial charge is 0.367 e. The Labute approximate surface area is 148 Å². The van der Waals surface area contributed by atoms with Gasteiger partial charge in [-0.2, -0.15) is 0 Å². The molecule has 5 nitrogen and oxygen atoms in total. The van der Waals surface area contributed by atoms with E-state index >= 15 is 0 Å². The number of rotatable bonds is 2. The van der Waals surface area contributed by atoms with Crippen LogP contribution in [0.2, 0.25) is 0 Å². The molecule has 0 unspecified atom stereocenters. The molecule has 2 N–H and O–H groups in total. The van der Waals surface area contributed by atoms with E-state index in [1.54, 1.807) is 28.4 Å². The molecule has 0 saturated carbocycles. The molecule has 0 atom stereocenters. The number of fused-ring (bicyclic) bond motifs is 1. The SMILES string of the molecule is NC(=O)N1CCN(c2cc(-c3ccc(F)cc3)nc3ccsc23)CC1. The summed E-state index contributed by atoms with van der Waals surface area (Å²) in [5.74, 6) is -0.261. The van der Waals surface area contributed by atoms with Gasteiger partial charge >= 0.3 is 6.03 Å². The van der Waals surface area contributed by atoms with Crippen molar-refractivity contribution in [2.75, 3.05) is 31.1 Å². The van der Waals surface area contributed by atoms with Crippen LogP contribution in [-0.4, -0.2) is 42.1 Å². The van der Waals surface area contributed by atoms with Crippen molar-refractivity contribution in [2.24, 2.45) is 5.73 Å². The molecule has 2 aromatic heterocycles. The molecule has 128 valence electrons. The highest BCUT2D eigenvalue weighted by Crippen LogP contribution is 2.34. The van der Waals surface area contributed by atoms with E-state index in [-0.39, 0.29) is 11.8 Å². The second-order valence-electron chi connectivity index (χ2n) is 5.98. The van der Waals surface area contributed by atoms with E-state index in [0.717, 1.165) is 40.3 Å². The molecule has 0 radical (unpaired) electrons. The van der Waals surface area contributed by atoms with Gasteiger partial charge in [-0.25, -0.2) is 14.2 Å². The minimum Gasteiger partial charge on any atom is -0.367 e. The minimum absolute atomic E-state index is 0.261. The lowest BCUT2D eigenvalue weighted by Gasteiger charge is -2.35. The first-order chi connectivity index (χ1) is 12.1. The molecule has 25 heavy (non-hydrogen) atoms. The topological polar surface area (TPSA) is 62.5 Å². The van der Waals surface area contributed by atoms with Crippen molar-refractivity contribution in [1.82, 2.24) is 9.88 Å². The number of carbonyl (C=O) groups excluding carboxylic acids is 1. The predicted octanol–water partition coefficient (Wildman–Crippen LogP) is 3.30. The van der Waals surface area contributed by atoms with Gasteiger partial charge < -0.3 is 15.5 Å². The summed E-state index contributed by atoms with van der Waals surface area (Å²) in [4.78, 5) is 20.0. The van der Waals surface area contributed by atoms with Crippen LogP contribution >= 0.6 is 11.3 Å². The highest BCUT2D eigenvalue weighted by molar-refractivity contribution is 7.17. The lowest BCUT2D eigenvalue weighted by atomic mass is 10.1. The van der Waals surface area contributed by atoms with Crippen LogP contribution in [0, 0.1) is 5.82 Å². The van der Waals surface area contributed by atoms with Gasteiger partial charge in [-0.05, 0) is 41.8 Å². The Balaban J connectivity index is 1.72. The number of piperazine rings is 1. The normalized spacial score (nSPS) is 14.9. The average Bonchev–Trinajstić information content (AvgIpc) is 3.10. The first-order valence-corrected chi connectivity index (χ1v) is 8.93. The molecule has 0 spiro atoms. The Morgan fingerprint density at radius 3 is 2.52 bits per heavy atom. The molecule has 1 aliphatic rings. The van der Waals surface area contributed by atoms with E-state index in [1.165, 1.54) is 12.1 Å². The predicted molar refractivity (Wildman–Crippen MR) is 98.4 cm³/mol. The summed E-state index contributed by atoms with van der Waals surface area (Å²) < 4.78 is 14.3. The maximum Gasteiger partial charge on any atom is 0.314 e. The van der Waals surface area contributed by atoms with Gasteiger partial charge in [-0.3, -0.25) is 0 Å². The van der Waals surface area contributed by atoms with Crippen LogP contribution in [0.4, 0.5) is 14.9 Å². The number of anilines is 1. The zero-order chi connectivity index (χ0) is 17.4. The fourth-order valence-electron chi connectivity index (χ4n) is 3.11. The fourth-order valence-corrected chi connectivity index (χ4v) is 3.99. The number of carbonyl (C=O) groups is 1.